The Bertz CT molecular complexity index is 208. The van der Waals surface area contributed by atoms with Crippen LogP contribution in [0.5, 0.6) is 0 Å². The van der Waals surface area contributed by atoms with Gasteiger partial charge in [-0.15, -0.1) is 0 Å². The average Bonchev–Trinajstić information content (AvgIpc) is 2.05. The van der Waals surface area contributed by atoms with Gasteiger partial charge in [0.1, 0.15) is 0 Å². The SMILES string of the molecule is CN(C)C(I)c1ccccc1. The van der Waals surface area contributed by atoms with Crippen molar-refractivity contribution in [1.29, 1.82) is 0 Å². The van der Waals surface area contributed by atoms with Crippen LogP contribution < -0.4 is 0 Å². The van der Waals surface area contributed by atoms with Gasteiger partial charge >= 0.3 is 0 Å². The molecule has 0 saturated carbocycles. The second-order valence-electron chi connectivity index (χ2n) is 2.71. The fraction of sp³-hybridized carbons (Fsp3) is 0.333. The highest BCUT2D eigenvalue weighted by Crippen LogP contribution is 2.24. The first-order chi connectivity index (χ1) is 5.22. The van der Waals surface area contributed by atoms with Crippen LogP contribution in [-0.4, -0.2) is 19.0 Å². The van der Waals surface area contributed by atoms with Gasteiger partial charge in [-0.2, -0.15) is 0 Å². The monoisotopic (exact) mass is 261 g/mol. The minimum atomic E-state index is 0.480. The Morgan fingerprint density at radius 1 is 1.18 bits per heavy atom. The molecule has 0 aliphatic carbocycles. The van der Waals surface area contributed by atoms with Crippen molar-refractivity contribution in [3.05, 3.63) is 35.9 Å². The van der Waals surface area contributed by atoms with Crippen LogP contribution in [0.3, 0.4) is 0 Å². The zero-order valence-corrected chi connectivity index (χ0v) is 8.95. The molecule has 0 aromatic heterocycles. The molecule has 0 amide bonds. The van der Waals surface area contributed by atoms with Crippen LogP contribution in [0.2, 0.25) is 0 Å². The zero-order chi connectivity index (χ0) is 8.27. The second kappa shape index (κ2) is 4.07. The molecule has 0 fully saturated rings. The third kappa shape index (κ3) is 2.45. The second-order valence-corrected chi connectivity index (χ2v) is 3.89. The Kier molecular flexibility index (Phi) is 3.33. The molecule has 60 valence electrons. The van der Waals surface area contributed by atoms with Crippen molar-refractivity contribution >= 4 is 22.6 Å². The quantitative estimate of drug-likeness (QED) is 0.449. The highest BCUT2D eigenvalue weighted by Gasteiger charge is 2.06. The molecule has 1 aromatic rings. The predicted molar refractivity (Wildman–Crippen MR) is 56.9 cm³/mol. The summed E-state index contributed by atoms with van der Waals surface area (Å²) in [6.45, 7) is 0. The predicted octanol–water partition coefficient (Wildman–Crippen LogP) is 2.68. The molecular weight excluding hydrogens is 249 g/mol. The molecule has 1 atom stereocenters. The molecule has 0 aliphatic heterocycles. The first kappa shape index (κ1) is 9.00. The first-order valence-electron chi connectivity index (χ1n) is 3.57. The summed E-state index contributed by atoms with van der Waals surface area (Å²) in [4.78, 5) is 2.19. The first-order valence-corrected chi connectivity index (χ1v) is 4.82. The summed E-state index contributed by atoms with van der Waals surface area (Å²) in [5, 5.41) is 0. The lowest BCUT2D eigenvalue weighted by Crippen LogP contribution is -2.13. The number of hydrogen-bond donors (Lipinski definition) is 0. The standard InChI is InChI=1S/C9H12IN/c1-11(2)9(10)8-6-4-3-5-7-8/h3-7,9H,1-2H3. The highest BCUT2D eigenvalue weighted by atomic mass is 127. The molecule has 2 heteroatoms. The molecular formula is C9H12IN. The Morgan fingerprint density at radius 2 is 1.73 bits per heavy atom. The van der Waals surface area contributed by atoms with Crippen molar-refractivity contribution in [2.75, 3.05) is 14.1 Å². The molecule has 1 rings (SSSR count). The van der Waals surface area contributed by atoms with E-state index < -0.39 is 0 Å². The molecule has 0 saturated heterocycles. The lowest BCUT2D eigenvalue weighted by atomic mass is 10.2. The van der Waals surface area contributed by atoms with Crippen molar-refractivity contribution < 1.29 is 0 Å². The normalized spacial score (nSPS) is 13.5. The molecule has 0 spiro atoms. The van der Waals surface area contributed by atoms with E-state index in [1.807, 2.05) is 6.07 Å². The van der Waals surface area contributed by atoms with E-state index >= 15 is 0 Å². The smallest absolute Gasteiger partial charge is 0.0869 e. The summed E-state index contributed by atoms with van der Waals surface area (Å²) >= 11 is 2.42. The summed E-state index contributed by atoms with van der Waals surface area (Å²) in [6.07, 6.45) is 0. The molecule has 0 radical (unpaired) electrons. The summed E-state index contributed by atoms with van der Waals surface area (Å²) < 4.78 is 0.480. The average molecular weight is 261 g/mol. The highest BCUT2D eigenvalue weighted by molar-refractivity contribution is 14.1. The van der Waals surface area contributed by atoms with Crippen molar-refractivity contribution in [2.24, 2.45) is 0 Å². The van der Waals surface area contributed by atoms with Crippen LogP contribution in [0.1, 0.15) is 9.61 Å². The summed E-state index contributed by atoms with van der Waals surface area (Å²) in [5.74, 6) is 0. The van der Waals surface area contributed by atoms with E-state index in [0.717, 1.165) is 0 Å². The van der Waals surface area contributed by atoms with Gasteiger partial charge in [-0.3, -0.25) is 4.90 Å². The number of benzene rings is 1. The molecule has 1 unspecified atom stereocenters. The largest absolute Gasteiger partial charge is 0.294 e. The molecule has 0 N–H and O–H groups in total. The van der Waals surface area contributed by atoms with Gasteiger partial charge in [-0.05, 0) is 19.7 Å². The van der Waals surface area contributed by atoms with E-state index in [1.165, 1.54) is 5.56 Å². The number of hydrogen-bond acceptors (Lipinski definition) is 1. The number of alkyl halides is 1. The van der Waals surface area contributed by atoms with Gasteiger partial charge in [0.05, 0.1) is 4.05 Å². The summed E-state index contributed by atoms with van der Waals surface area (Å²) in [7, 11) is 4.17. The fourth-order valence-corrected chi connectivity index (χ4v) is 1.33. The molecule has 0 bridgehead atoms. The molecule has 11 heavy (non-hydrogen) atoms. The maximum Gasteiger partial charge on any atom is 0.0869 e. The van der Waals surface area contributed by atoms with Gasteiger partial charge in [0.25, 0.3) is 0 Å². The Hall–Kier alpha value is -0.0900. The van der Waals surface area contributed by atoms with Gasteiger partial charge in [0.2, 0.25) is 0 Å². The minimum absolute atomic E-state index is 0.480. The molecule has 0 aliphatic rings. The van der Waals surface area contributed by atoms with Crippen LogP contribution in [0, 0.1) is 0 Å². The minimum Gasteiger partial charge on any atom is -0.294 e. The maximum atomic E-state index is 2.42. The fourth-order valence-electron chi connectivity index (χ4n) is 0.910. The Balaban J connectivity index is 2.77. The van der Waals surface area contributed by atoms with Gasteiger partial charge in [0.15, 0.2) is 0 Å². The van der Waals surface area contributed by atoms with Gasteiger partial charge in [-0.1, -0.05) is 52.9 Å². The maximum absolute atomic E-state index is 2.42. The van der Waals surface area contributed by atoms with Crippen molar-refractivity contribution in [3.63, 3.8) is 0 Å². The summed E-state index contributed by atoms with van der Waals surface area (Å²) in [6, 6.07) is 10.5. The zero-order valence-electron chi connectivity index (χ0n) is 6.79. The summed E-state index contributed by atoms with van der Waals surface area (Å²) in [5.41, 5.74) is 1.36. The van der Waals surface area contributed by atoms with Gasteiger partial charge < -0.3 is 0 Å². The molecule has 1 nitrogen and oxygen atoms in total. The lowest BCUT2D eigenvalue weighted by Gasteiger charge is -2.17. The Labute approximate surface area is 81.5 Å². The van der Waals surface area contributed by atoms with E-state index in [9.17, 15) is 0 Å². The third-order valence-electron chi connectivity index (χ3n) is 1.53. The molecule has 0 heterocycles. The third-order valence-corrected chi connectivity index (χ3v) is 3.36. The van der Waals surface area contributed by atoms with Crippen molar-refractivity contribution in [3.8, 4) is 0 Å². The van der Waals surface area contributed by atoms with E-state index in [2.05, 4.69) is 65.9 Å². The van der Waals surface area contributed by atoms with Crippen LogP contribution in [0.25, 0.3) is 0 Å². The number of halogens is 1. The van der Waals surface area contributed by atoms with Crippen LogP contribution in [0.15, 0.2) is 30.3 Å². The van der Waals surface area contributed by atoms with Gasteiger partial charge in [-0.25, -0.2) is 0 Å². The van der Waals surface area contributed by atoms with Gasteiger partial charge in [0, 0.05) is 0 Å². The van der Waals surface area contributed by atoms with Crippen LogP contribution in [-0.2, 0) is 0 Å². The molecule has 1 aromatic carbocycles. The van der Waals surface area contributed by atoms with E-state index in [4.69, 9.17) is 0 Å². The van der Waals surface area contributed by atoms with Crippen molar-refractivity contribution in [1.82, 2.24) is 4.90 Å². The van der Waals surface area contributed by atoms with E-state index in [0.29, 0.717) is 4.05 Å². The van der Waals surface area contributed by atoms with Crippen LogP contribution >= 0.6 is 22.6 Å². The van der Waals surface area contributed by atoms with E-state index in [1.54, 1.807) is 0 Å². The van der Waals surface area contributed by atoms with Crippen LogP contribution in [0.4, 0.5) is 0 Å². The number of rotatable bonds is 2. The lowest BCUT2D eigenvalue weighted by molar-refractivity contribution is 0.406. The van der Waals surface area contributed by atoms with E-state index in [-0.39, 0.29) is 0 Å². The number of nitrogens with zero attached hydrogens (tertiary/aromatic N) is 1. The van der Waals surface area contributed by atoms with Crippen molar-refractivity contribution in [2.45, 2.75) is 4.05 Å². The topological polar surface area (TPSA) is 3.24 Å². The Morgan fingerprint density at radius 3 is 2.18 bits per heavy atom.